The zero-order chi connectivity index (χ0) is 15.2. The minimum Gasteiger partial charge on any atom is -0.383 e. The van der Waals surface area contributed by atoms with Crippen molar-refractivity contribution in [2.45, 2.75) is 17.5 Å². The summed E-state index contributed by atoms with van der Waals surface area (Å²) in [7, 11) is 0.374. The molecule has 0 aliphatic carbocycles. The van der Waals surface area contributed by atoms with E-state index in [2.05, 4.69) is 9.88 Å². The normalized spacial score (nSPS) is 13.7. The van der Waals surface area contributed by atoms with Crippen molar-refractivity contribution in [3.63, 3.8) is 0 Å². The van der Waals surface area contributed by atoms with Crippen molar-refractivity contribution < 1.29 is 13.2 Å². The van der Waals surface area contributed by atoms with Gasteiger partial charge in [0.2, 0.25) is 0 Å². The van der Waals surface area contributed by atoms with Gasteiger partial charge in [0.05, 0.1) is 6.61 Å². The van der Waals surface area contributed by atoms with E-state index < -0.39 is 9.84 Å². The third kappa shape index (κ3) is 5.54. The van der Waals surface area contributed by atoms with Crippen molar-refractivity contribution >= 4 is 9.84 Å². The molecule has 0 fully saturated rings. The SMILES string of the molecule is COCCN(C)CC[C@H](N)c1ccnc(S(C)(=O)=O)c1. The Labute approximate surface area is 120 Å². The van der Waals surface area contributed by atoms with Crippen LogP contribution in [0.5, 0.6) is 0 Å². The Kier molecular flexibility index (Phi) is 6.54. The summed E-state index contributed by atoms with van der Waals surface area (Å²) in [6.07, 6.45) is 3.37. The second kappa shape index (κ2) is 7.68. The van der Waals surface area contributed by atoms with Gasteiger partial charge >= 0.3 is 0 Å². The van der Waals surface area contributed by atoms with Gasteiger partial charge in [-0.3, -0.25) is 0 Å². The molecule has 20 heavy (non-hydrogen) atoms. The van der Waals surface area contributed by atoms with Gasteiger partial charge in [-0.1, -0.05) is 0 Å². The van der Waals surface area contributed by atoms with Crippen LogP contribution in [0.15, 0.2) is 23.4 Å². The number of sulfone groups is 1. The predicted molar refractivity (Wildman–Crippen MR) is 78.3 cm³/mol. The van der Waals surface area contributed by atoms with Gasteiger partial charge in [0, 0.05) is 32.1 Å². The standard InChI is InChI=1S/C13H23N3O3S/c1-16(8-9-19-2)7-5-12(14)11-4-6-15-13(10-11)20(3,17)18/h4,6,10,12H,5,7-9,14H2,1-3H3/t12-/m0/s1. The number of hydrogen-bond acceptors (Lipinski definition) is 6. The van der Waals surface area contributed by atoms with E-state index in [0.29, 0.717) is 6.61 Å². The Morgan fingerprint density at radius 1 is 1.45 bits per heavy atom. The van der Waals surface area contributed by atoms with Gasteiger partial charge in [0.15, 0.2) is 14.9 Å². The van der Waals surface area contributed by atoms with E-state index in [0.717, 1.165) is 31.3 Å². The fourth-order valence-electron chi connectivity index (χ4n) is 1.74. The Hall–Kier alpha value is -1.02. The lowest BCUT2D eigenvalue weighted by Crippen LogP contribution is -2.26. The van der Waals surface area contributed by atoms with E-state index in [1.54, 1.807) is 19.2 Å². The first-order valence-corrected chi connectivity index (χ1v) is 8.33. The molecule has 0 aromatic carbocycles. The van der Waals surface area contributed by atoms with Crippen LogP contribution >= 0.6 is 0 Å². The topological polar surface area (TPSA) is 85.5 Å². The van der Waals surface area contributed by atoms with Crippen LogP contribution in [0.3, 0.4) is 0 Å². The van der Waals surface area contributed by atoms with Crippen LogP contribution in [0.1, 0.15) is 18.0 Å². The van der Waals surface area contributed by atoms with Crippen molar-refractivity contribution in [3.05, 3.63) is 23.9 Å². The molecule has 0 aliphatic rings. The average molecular weight is 301 g/mol. The summed E-state index contributed by atoms with van der Waals surface area (Å²) in [5, 5.41) is 0.0678. The van der Waals surface area contributed by atoms with Crippen LogP contribution in [0.4, 0.5) is 0 Å². The molecule has 1 aromatic heterocycles. The maximum absolute atomic E-state index is 11.5. The first-order chi connectivity index (χ1) is 9.34. The minimum absolute atomic E-state index is 0.0678. The van der Waals surface area contributed by atoms with Gasteiger partial charge < -0.3 is 15.4 Å². The van der Waals surface area contributed by atoms with E-state index in [4.69, 9.17) is 10.5 Å². The Morgan fingerprint density at radius 3 is 2.75 bits per heavy atom. The lowest BCUT2D eigenvalue weighted by atomic mass is 10.1. The first kappa shape index (κ1) is 17.0. The van der Waals surface area contributed by atoms with Crippen molar-refractivity contribution in [2.24, 2.45) is 5.73 Å². The van der Waals surface area contributed by atoms with Gasteiger partial charge in [-0.05, 0) is 37.7 Å². The van der Waals surface area contributed by atoms with Crippen LogP contribution in [0, 0.1) is 0 Å². The highest BCUT2D eigenvalue weighted by atomic mass is 32.2. The summed E-state index contributed by atoms with van der Waals surface area (Å²) in [6, 6.07) is 3.10. The van der Waals surface area contributed by atoms with Crippen molar-refractivity contribution in [1.29, 1.82) is 0 Å². The van der Waals surface area contributed by atoms with Gasteiger partial charge in [-0.25, -0.2) is 13.4 Å². The molecule has 1 aromatic rings. The van der Waals surface area contributed by atoms with Crippen molar-refractivity contribution in [1.82, 2.24) is 9.88 Å². The Balaban J connectivity index is 2.62. The third-order valence-electron chi connectivity index (χ3n) is 3.07. The largest absolute Gasteiger partial charge is 0.383 e. The summed E-state index contributed by atoms with van der Waals surface area (Å²) in [4.78, 5) is 5.99. The molecule has 0 bridgehead atoms. The molecule has 0 saturated carbocycles. The average Bonchev–Trinajstić information content (AvgIpc) is 2.41. The number of nitrogens with zero attached hydrogens (tertiary/aromatic N) is 2. The number of nitrogens with two attached hydrogens (primary N) is 1. The fourth-order valence-corrected chi connectivity index (χ4v) is 2.35. The molecule has 0 spiro atoms. The van der Waals surface area contributed by atoms with E-state index >= 15 is 0 Å². The van der Waals surface area contributed by atoms with E-state index in [-0.39, 0.29) is 11.1 Å². The molecule has 0 unspecified atom stereocenters. The summed E-state index contributed by atoms with van der Waals surface area (Å²) >= 11 is 0. The van der Waals surface area contributed by atoms with E-state index in [1.807, 2.05) is 7.05 Å². The number of rotatable bonds is 8. The number of hydrogen-bond donors (Lipinski definition) is 1. The molecular weight excluding hydrogens is 278 g/mol. The van der Waals surface area contributed by atoms with Gasteiger partial charge in [-0.2, -0.15) is 0 Å². The number of pyridine rings is 1. The quantitative estimate of drug-likeness (QED) is 0.750. The molecule has 1 heterocycles. The second-order valence-electron chi connectivity index (χ2n) is 4.89. The molecule has 0 amide bonds. The molecule has 1 rings (SSSR count). The fraction of sp³-hybridized carbons (Fsp3) is 0.615. The molecule has 114 valence electrons. The predicted octanol–water partition coefficient (Wildman–Crippen LogP) is 0.453. The van der Waals surface area contributed by atoms with Crippen molar-refractivity contribution in [2.75, 3.05) is 40.1 Å². The van der Waals surface area contributed by atoms with Crippen LogP contribution in [-0.2, 0) is 14.6 Å². The highest BCUT2D eigenvalue weighted by Gasteiger charge is 2.13. The summed E-state index contributed by atoms with van der Waals surface area (Å²) in [5.41, 5.74) is 6.90. The molecular formula is C13H23N3O3S. The second-order valence-corrected chi connectivity index (χ2v) is 6.85. The van der Waals surface area contributed by atoms with Gasteiger partial charge in [0.1, 0.15) is 0 Å². The molecule has 0 saturated heterocycles. The van der Waals surface area contributed by atoms with Crippen LogP contribution < -0.4 is 5.73 Å². The summed E-state index contributed by atoms with van der Waals surface area (Å²) in [5.74, 6) is 0. The molecule has 1 atom stereocenters. The van der Waals surface area contributed by atoms with Gasteiger partial charge in [-0.15, -0.1) is 0 Å². The minimum atomic E-state index is -3.30. The Morgan fingerprint density at radius 2 is 2.15 bits per heavy atom. The van der Waals surface area contributed by atoms with Crippen molar-refractivity contribution in [3.8, 4) is 0 Å². The maximum atomic E-state index is 11.5. The zero-order valence-electron chi connectivity index (χ0n) is 12.2. The van der Waals surface area contributed by atoms with Crippen LogP contribution in [0.25, 0.3) is 0 Å². The number of likely N-dealkylation sites (N-methyl/N-ethyl adjacent to an activating group) is 1. The summed E-state index contributed by atoms with van der Waals surface area (Å²) in [6.45, 7) is 2.34. The van der Waals surface area contributed by atoms with Gasteiger partial charge in [0.25, 0.3) is 0 Å². The monoisotopic (exact) mass is 301 g/mol. The number of methoxy groups -OCH3 is 1. The highest BCUT2D eigenvalue weighted by Crippen LogP contribution is 2.16. The lowest BCUT2D eigenvalue weighted by Gasteiger charge is -2.19. The molecule has 0 radical (unpaired) electrons. The lowest BCUT2D eigenvalue weighted by molar-refractivity contribution is 0.159. The molecule has 7 heteroatoms. The van der Waals surface area contributed by atoms with Crippen LogP contribution in [-0.4, -0.2) is 58.4 Å². The number of aromatic nitrogens is 1. The molecule has 2 N–H and O–H groups in total. The highest BCUT2D eigenvalue weighted by molar-refractivity contribution is 7.90. The van der Waals surface area contributed by atoms with E-state index in [1.165, 1.54) is 6.20 Å². The Bertz CT molecular complexity index is 519. The third-order valence-corrected chi connectivity index (χ3v) is 4.05. The molecule has 0 aliphatic heterocycles. The number of ether oxygens (including phenoxy) is 1. The summed E-state index contributed by atoms with van der Waals surface area (Å²) < 4.78 is 27.9. The van der Waals surface area contributed by atoms with E-state index in [9.17, 15) is 8.42 Å². The van der Waals surface area contributed by atoms with Crippen LogP contribution in [0.2, 0.25) is 0 Å². The zero-order valence-corrected chi connectivity index (χ0v) is 13.1. The first-order valence-electron chi connectivity index (χ1n) is 6.43. The smallest absolute Gasteiger partial charge is 0.192 e. The maximum Gasteiger partial charge on any atom is 0.192 e. The molecule has 6 nitrogen and oxygen atoms in total.